The summed E-state index contributed by atoms with van der Waals surface area (Å²) in [5.41, 5.74) is 0.826. The SMILES string of the molecule is CN(C)CCNc1oc(-c2ccc(F)cc2)nc1C#N. The molecular weight excluding hydrogens is 259 g/mol. The van der Waals surface area contributed by atoms with Crippen molar-refractivity contribution >= 4 is 5.88 Å². The molecule has 2 rings (SSSR count). The van der Waals surface area contributed by atoms with Gasteiger partial charge in [-0.1, -0.05) is 0 Å². The number of aromatic nitrogens is 1. The van der Waals surface area contributed by atoms with E-state index in [1.165, 1.54) is 12.1 Å². The molecule has 1 aromatic heterocycles. The first kappa shape index (κ1) is 14.0. The van der Waals surface area contributed by atoms with Crippen molar-refractivity contribution in [3.8, 4) is 17.5 Å². The van der Waals surface area contributed by atoms with Crippen LogP contribution < -0.4 is 5.32 Å². The van der Waals surface area contributed by atoms with E-state index in [0.717, 1.165) is 6.54 Å². The first-order valence-corrected chi connectivity index (χ1v) is 6.15. The van der Waals surface area contributed by atoms with E-state index in [1.54, 1.807) is 12.1 Å². The molecule has 0 saturated heterocycles. The van der Waals surface area contributed by atoms with E-state index in [4.69, 9.17) is 9.68 Å². The molecule has 1 aromatic carbocycles. The highest BCUT2D eigenvalue weighted by atomic mass is 19.1. The summed E-state index contributed by atoms with van der Waals surface area (Å²) in [7, 11) is 3.91. The third-order valence-corrected chi connectivity index (χ3v) is 2.67. The lowest BCUT2D eigenvalue weighted by molar-refractivity contribution is 0.423. The summed E-state index contributed by atoms with van der Waals surface area (Å²) in [6.45, 7) is 1.44. The van der Waals surface area contributed by atoms with Gasteiger partial charge < -0.3 is 14.6 Å². The maximum Gasteiger partial charge on any atom is 0.232 e. The number of anilines is 1. The van der Waals surface area contributed by atoms with Crippen LogP contribution in [0.1, 0.15) is 5.69 Å². The van der Waals surface area contributed by atoms with Gasteiger partial charge in [0.25, 0.3) is 0 Å². The first-order chi connectivity index (χ1) is 9.60. The molecule has 0 unspecified atom stereocenters. The fraction of sp³-hybridized carbons (Fsp3) is 0.286. The van der Waals surface area contributed by atoms with Crippen LogP contribution in [0.25, 0.3) is 11.5 Å². The second-order valence-electron chi connectivity index (χ2n) is 4.55. The van der Waals surface area contributed by atoms with E-state index in [1.807, 2.05) is 25.1 Å². The summed E-state index contributed by atoms with van der Waals surface area (Å²) in [5, 5.41) is 12.1. The highest BCUT2D eigenvalue weighted by Crippen LogP contribution is 2.25. The van der Waals surface area contributed by atoms with Crippen LogP contribution in [0.15, 0.2) is 28.7 Å². The summed E-state index contributed by atoms with van der Waals surface area (Å²) in [6.07, 6.45) is 0. The van der Waals surface area contributed by atoms with Gasteiger partial charge in [0, 0.05) is 18.7 Å². The molecule has 1 N–H and O–H groups in total. The third-order valence-electron chi connectivity index (χ3n) is 2.67. The third kappa shape index (κ3) is 3.33. The lowest BCUT2D eigenvalue weighted by Crippen LogP contribution is -2.20. The van der Waals surface area contributed by atoms with Gasteiger partial charge in [0.15, 0.2) is 0 Å². The number of likely N-dealkylation sites (N-methyl/N-ethyl adjacent to an activating group) is 1. The lowest BCUT2D eigenvalue weighted by Gasteiger charge is -2.09. The number of benzene rings is 1. The van der Waals surface area contributed by atoms with Crippen LogP contribution in [-0.2, 0) is 0 Å². The fourth-order valence-corrected chi connectivity index (χ4v) is 1.62. The Bertz CT molecular complexity index is 613. The van der Waals surface area contributed by atoms with E-state index >= 15 is 0 Å². The maximum absolute atomic E-state index is 12.9. The molecule has 0 saturated carbocycles. The summed E-state index contributed by atoms with van der Waals surface area (Å²) in [5.74, 6) is 0.313. The molecule has 2 aromatic rings. The van der Waals surface area contributed by atoms with Gasteiger partial charge in [-0.15, -0.1) is 0 Å². The largest absolute Gasteiger partial charge is 0.419 e. The van der Waals surface area contributed by atoms with Crippen molar-refractivity contribution in [2.45, 2.75) is 0 Å². The fourth-order valence-electron chi connectivity index (χ4n) is 1.62. The molecule has 20 heavy (non-hydrogen) atoms. The van der Waals surface area contributed by atoms with Crippen molar-refractivity contribution in [2.75, 3.05) is 32.5 Å². The van der Waals surface area contributed by atoms with Crippen molar-refractivity contribution in [1.82, 2.24) is 9.88 Å². The minimum absolute atomic E-state index is 0.197. The van der Waals surface area contributed by atoms with Gasteiger partial charge in [-0.25, -0.2) is 4.39 Å². The Morgan fingerprint density at radius 2 is 2.05 bits per heavy atom. The molecular formula is C14H15FN4O. The monoisotopic (exact) mass is 274 g/mol. The molecule has 0 aliphatic carbocycles. The number of oxazole rings is 1. The van der Waals surface area contributed by atoms with Crippen LogP contribution in [0.2, 0.25) is 0 Å². The van der Waals surface area contributed by atoms with Gasteiger partial charge in [0.1, 0.15) is 11.9 Å². The number of nitriles is 1. The zero-order valence-electron chi connectivity index (χ0n) is 11.4. The number of halogens is 1. The molecule has 0 spiro atoms. The maximum atomic E-state index is 12.9. The van der Waals surface area contributed by atoms with E-state index in [9.17, 15) is 4.39 Å². The van der Waals surface area contributed by atoms with E-state index in [0.29, 0.717) is 23.9 Å². The predicted octanol–water partition coefficient (Wildman–Crippen LogP) is 2.33. The zero-order chi connectivity index (χ0) is 14.5. The van der Waals surface area contributed by atoms with Crippen LogP contribution in [-0.4, -0.2) is 37.1 Å². The van der Waals surface area contributed by atoms with Crippen LogP contribution >= 0.6 is 0 Å². The van der Waals surface area contributed by atoms with Gasteiger partial charge in [0.05, 0.1) is 0 Å². The number of hydrogen-bond donors (Lipinski definition) is 1. The Morgan fingerprint density at radius 3 is 2.65 bits per heavy atom. The topological polar surface area (TPSA) is 65.1 Å². The normalized spacial score (nSPS) is 10.6. The van der Waals surface area contributed by atoms with E-state index < -0.39 is 0 Å². The molecule has 0 fully saturated rings. The molecule has 0 aliphatic rings. The van der Waals surface area contributed by atoms with E-state index in [-0.39, 0.29) is 11.5 Å². The second-order valence-corrected chi connectivity index (χ2v) is 4.55. The molecule has 0 radical (unpaired) electrons. The van der Waals surface area contributed by atoms with Crippen molar-refractivity contribution in [1.29, 1.82) is 5.26 Å². The van der Waals surface area contributed by atoms with Gasteiger partial charge in [-0.2, -0.15) is 10.2 Å². The quantitative estimate of drug-likeness (QED) is 0.906. The number of nitrogens with zero attached hydrogens (tertiary/aromatic N) is 3. The lowest BCUT2D eigenvalue weighted by atomic mass is 10.2. The number of nitrogens with one attached hydrogen (secondary N) is 1. The molecule has 0 aliphatic heterocycles. The molecule has 1 heterocycles. The van der Waals surface area contributed by atoms with Crippen LogP contribution in [0.3, 0.4) is 0 Å². The van der Waals surface area contributed by atoms with Gasteiger partial charge >= 0.3 is 0 Å². The average Bonchev–Trinajstić information content (AvgIpc) is 2.82. The summed E-state index contributed by atoms with van der Waals surface area (Å²) in [4.78, 5) is 6.11. The minimum Gasteiger partial charge on any atom is -0.419 e. The van der Waals surface area contributed by atoms with Crippen molar-refractivity contribution < 1.29 is 8.81 Å². The van der Waals surface area contributed by atoms with Gasteiger partial charge in [-0.3, -0.25) is 0 Å². The Hall–Kier alpha value is -2.39. The highest BCUT2D eigenvalue weighted by Gasteiger charge is 2.14. The van der Waals surface area contributed by atoms with E-state index in [2.05, 4.69) is 10.3 Å². The highest BCUT2D eigenvalue weighted by molar-refractivity contribution is 5.58. The smallest absolute Gasteiger partial charge is 0.232 e. The van der Waals surface area contributed by atoms with Crippen molar-refractivity contribution in [2.24, 2.45) is 0 Å². The molecule has 6 heteroatoms. The summed E-state index contributed by atoms with van der Waals surface area (Å²) in [6, 6.07) is 7.75. The Kier molecular flexibility index (Phi) is 4.33. The Morgan fingerprint density at radius 1 is 1.35 bits per heavy atom. The molecule has 5 nitrogen and oxygen atoms in total. The van der Waals surface area contributed by atoms with Crippen LogP contribution in [0, 0.1) is 17.1 Å². The number of rotatable bonds is 5. The van der Waals surface area contributed by atoms with Crippen molar-refractivity contribution in [3.05, 3.63) is 35.8 Å². The summed E-state index contributed by atoms with van der Waals surface area (Å²) < 4.78 is 18.4. The zero-order valence-corrected chi connectivity index (χ0v) is 11.4. The molecule has 104 valence electrons. The number of hydrogen-bond acceptors (Lipinski definition) is 5. The van der Waals surface area contributed by atoms with Gasteiger partial charge in [-0.05, 0) is 38.4 Å². The van der Waals surface area contributed by atoms with Gasteiger partial charge in [0.2, 0.25) is 17.5 Å². The van der Waals surface area contributed by atoms with Crippen LogP contribution in [0.5, 0.6) is 0 Å². The summed E-state index contributed by atoms with van der Waals surface area (Å²) >= 11 is 0. The standard InChI is InChI=1S/C14H15FN4O/c1-19(2)8-7-17-14-12(9-16)18-13(20-14)10-3-5-11(15)6-4-10/h3-6,17H,7-8H2,1-2H3. The second kappa shape index (κ2) is 6.17. The Labute approximate surface area is 116 Å². The van der Waals surface area contributed by atoms with Crippen LogP contribution in [0.4, 0.5) is 10.3 Å². The predicted molar refractivity (Wildman–Crippen MR) is 73.7 cm³/mol. The first-order valence-electron chi connectivity index (χ1n) is 6.15. The minimum atomic E-state index is -0.329. The molecule has 0 bridgehead atoms. The molecule has 0 atom stereocenters. The average molecular weight is 274 g/mol. The Balaban J connectivity index is 2.18. The van der Waals surface area contributed by atoms with Crippen molar-refractivity contribution in [3.63, 3.8) is 0 Å². The molecule has 0 amide bonds.